The zero-order valence-corrected chi connectivity index (χ0v) is 20.9. The van der Waals surface area contributed by atoms with E-state index >= 15 is 0 Å². The Bertz CT molecular complexity index is 1020. The van der Waals surface area contributed by atoms with Gasteiger partial charge in [0.05, 0.1) is 35.5 Å². The fourth-order valence-corrected chi connectivity index (χ4v) is 3.64. The number of carboxylic acid groups (broad SMARTS) is 1. The third kappa shape index (κ3) is 8.89. The third-order valence-corrected chi connectivity index (χ3v) is 5.03. The van der Waals surface area contributed by atoms with Crippen LogP contribution in [0.5, 0.6) is 11.5 Å². The lowest BCUT2D eigenvalue weighted by molar-refractivity contribution is -0.139. The highest BCUT2D eigenvalue weighted by Crippen LogP contribution is 2.33. The van der Waals surface area contributed by atoms with Gasteiger partial charge in [0.25, 0.3) is 0 Å². The second-order valence-electron chi connectivity index (χ2n) is 6.77. The van der Waals surface area contributed by atoms with E-state index in [9.17, 15) is 14.4 Å². The van der Waals surface area contributed by atoms with Crippen LogP contribution >= 0.6 is 22.6 Å². The number of nitrogens with one attached hydrogen (secondary N) is 2. The number of rotatable bonds is 12. The van der Waals surface area contributed by atoms with Crippen molar-refractivity contribution < 1.29 is 33.7 Å². The number of carbonyl (C=O) groups is 3. The Morgan fingerprint density at radius 3 is 2.50 bits per heavy atom. The molecule has 2 aromatic carbocycles. The Hall–Kier alpha value is -3.35. The lowest BCUT2D eigenvalue weighted by Gasteiger charge is -2.18. The van der Waals surface area contributed by atoms with Gasteiger partial charge in [-0.3, -0.25) is 4.79 Å². The average Bonchev–Trinajstić information content (AvgIpc) is 2.79. The maximum absolute atomic E-state index is 12.5. The van der Waals surface area contributed by atoms with Crippen LogP contribution in [0.4, 0.5) is 4.79 Å². The molecule has 34 heavy (non-hydrogen) atoms. The van der Waals surface area contributed by atoms with Crippen LogP contribution < -0.4 is 20.2 Å². The number of carboxylic acids is 1. The van der Waals surface area contributed by atoms with Gasteiger partial charge in [-0.25, -0.2) is 15.0 Å². The molecule has 0 radical (unpaired) electrons. The maximum Gasteiger partial charge on any atom is 0.407 e. The number of nitrogens with zero attached hydrogens (tertiary/aromatic N) is 1. The first-order chi connectivity index (χ1) is 16.3. The highest BCUT2D eigenvalue weighted by atomic mass is 127. The molecule has 182 valence electrons. The lowest BCUT2D eigenvalue weighted by Crippen LogP contribution is -2.33. The SMILES string of the molecule is CCOC(=O)N[C@H](CC(=O)N/N=C\c1cc(I)c(OCC(=O)O)c(OCC)c1)c1ccccc1. The Kier molecular flexibility index (Phi) is 11.1. The summed E-state index contributed by atoms with van der Waals surface area (Å²) < 4.78 is 16.4. The van der Waals surface area contributed by atoms with Gasteiger partial charge < -0.3 is 24.6 Å². The van der Waals surface area contributed by atoms with E-state index in [4.69, 9.17) is 19.3 Å². The lowest BCUT2D eigenvalue weighted by atomic mass is 10.0. The number of ether oxygens (including phenoxy) is 3. The van der Waals surface area contributed by atoms with E-state index in [1.54, 1.807) is 38.1 Å². The molecule has 0 fully saturated rings. The number of benzene rings is 2. The molecule has 0 bridgehead atoms. The molecule has 0 aliphatic carbocycles. The van der Waals surface area contributed by atoms with Crippen molar-refractivity contribution in [3.05, 3.63) is 57.2 Å². The van der Waals surface area contributed by atoms with Crippen molar-refractivity contribution in [2.45, 2.75) is 26.3 Å². The Labute approximate surface area is 210 Å². The standard InChI is InChI=1S/C23H26IN3O7/c1-3-32-19-11-15(10-17(24)22(19)34-14-21(29)30)13-25-27-20(28)12-18(26-23(31)33-4-2)16-8-6-5-7-9-16/h5-11,13,18H,3-4,12,14H2,1-2H3,(H,26,31)(H,27,28)(H,29,30)/b25-13-/t18-/m1/s1. The van der Waals surface area contributed by atoms with Crippen molar-refractivity contribution in [3.63, 3.8) is 0 Å². The minimum Gasteiger partial charge on any atom is -0.490 e. The van der Waals surface area contributed by atoms with Crippen LogP contribution in [0.2, 0.25) is 0 Å². The summed E-state index contributed by atoms with van der Waals surface area (Å²) in [6, 6.07) is 11.8. The molecule has 1 atom stereocenters. The first-order valence-electron chi connectivity index (χ1n) is 10.4. The number of alkyl carbamates (subject to hydrolysis) is 1. The first-order valence-corrected chi connectivity index (χ1v) is 11.5. The van der Waals surface area contributed by atoms with Crippen molar-refractivity contribution in [1.29, 1.82) is 0 Å². The van der Waals surface area contributed by atoms with E-state index in [1.165, 1.54) is 6.21 Å². The highest BCUT2D eigenvalue weighted by molar-refractivity contribution is 14.1. The molecule has 0 aromatic heterocycles. The van der Waals surface area contributed by atoms with Gasteiger partial charge in [0, 0.05) is 0 Å². The molecule has 0 saturated carbocycles. The molecule has 3 N–H and O–H groups in total. The minimum absolute atomic E-state index is 0.0517. The van der Waals surface area contributed by atoms with E-state index in [0.717, 1.165) is 5.56 Å². The van der Waals surface area contributed by atoms with Gasteiger partial charge in [-0.05, 0) is 59.7 Å². The van der Waals surface area contributed by atoms with E-state index in [-0.39, 0.29) is 13.0 Å². The van der Waals surface area contributed by atoms with Crippen LogP contribution in [0, 0.1) is 3.57 Å². The van der Waals surface area contributed by atoms with Gasteiger partial charge in [0.2, 0.25) is 5.91 Å². The quantitative estimate of drug-likeness (QED) is 0.198. The maximum atomic E-state index is 12.5. The molecule has 0 unspecified atom stereocenters. The summed E-state index contributed by atoms with van der Waals surface area (Å²) in [5.74, 6) is -0.825. The molecule has 10 nitrogen and oxygen atoms in total. The molecule has 0 spiro atoms. The summed E-state index contributed by atoms with van der Waals surface area (Å²) in [6.07, 6.45) is 0.764. The summed E-state index contributed by atoms with van der Waals surface area (Å²) in [5, 5.41) is 15.5. The molecule has 0 heterocycles. The zero-order chi connectivity index (χ0) is 24.9. The number of hydrogen-bond donors (Lipinski definition) is 3. The number of aliphatic carboxylic acids is 1. The molecule has 2 amide bonds. The van der Waals surface area contributed by atoms with Crippen LogP contribution in [0.15, 0.2) is 47.6 Å². The average molecular weight is 583 g/mol. The van der Waals surface area contributed by atoms with Crippen LogP contribution in [0.3, 0.4) is 0 Å². The van der Waals surface area contributed by atoms with Gasteiger partial charge in [0.1, 0.15) is 0 Å². The van der Waals surface area contributed by atoms with E-state index in [1.807, 2.05) is 40.8 Å². The second kappa shape index (κ2) is 14.0. The highest BCUT2D eigenvalue weighted by Gasteiger charge is 2.19. The van der Waals surface area contributed by atoms with Crippen molar-refractivity contribution in [2.75, 3.05) is 19.8 Å². The van der Waals surface area contributed by atoms with Crippen LogP contribution in [-0.2, 0) is 14.3 Å². The van der Waals surface area contributed by atoms with E-state index in [0.29, 0.717) is 27.2 Å². The van der Waals surface area contributed by atoms with Crippen LogP contribution in [-0.4, -0.2) is 49.1 Å². The number of hydrogen-bond acceptors (Lipinski definition) is 7. The molecule has 2 rings (SSSR count). The van der Waals surface area contributed by atoms with Crippen molar-refractivity contribution in [2.24, 2.45) is 5.10 Å². The van der Waals surface area contributed by atoms with Crippen molar-refractivity contribution in [1.82, 2.24) is 10.7 Å². The summed E-state index contributed by atoms with van der Waals surface area (Å²) in [4.78, 5) is 35.2. The van der Waals surface area contributed by atoms with Crippen LogP contribution in [0.25, 0.3) is 0 Å². The van der Waals surface area contributed by atoms with Gasteiger partial charge in [-0.2, -0.15) is 5.10 Å². The normalized spacial score (nSPS) is 11.5. The molecule has 2 aromatic rings. The van der Waals surface area contributed by atoms with Gasteiger partial charge in [-0.1, -0.05) is 30.3 Å². The fraction of sp³-hybridized carbons (Fsp3) is 0.304. The van der Waals surface area contributed by atoms with Gasteiger partial charge in [-0.15, -0.1) is 0 Å². The smallest absolute Gasteiger partial charge is 0.407 e. The van der Waals surface area contributed by atoms with Crippen molar-refractivity contribution >= 4 is 46.8 Å². The fourth-order valence-electron chi connectivity index (χ4n) is 2.86. The largest absolute Gasteiger partial charge is 0.490 e. The Balaban J connectivity index is 2.08. The molecule has 0 aliphatic rings. The second-order valence-corrected chi connectivity index (χ2v) is 7.93. The molecule has 0 saturated heterocycles. The summed E-state index contributed by atoms with van der Waals surface area (Å²) in [7, 11) is 0. The first kappa shape index (κ1) is 26.9. The molecule has 0 aliphatic heterocycles. The zero-order valence-electron chi connectivity index (χ0n) is 18.7. The predicted octanol–water partition coefficient (Wildman–Crippen LogP) is 3.48. The van der Waals surface area contributed by atoms with Gasteiger partial charge >= 0.3 is 12.1 Å². The monoisotopic (exact) mass is 583 g/mol. The van der Waals surface area contributed by atoms with Crippen LogP contribution in [0.1, 0.15) is 37.4 Å². The molecule has 11 heteroatoms. The summed E-state index contributed by atoms with van der Waals surface area (Å²) in [6.45, 7) is 3.56. The van der Waals surface area contributed by atoms with E-state index in [2.05, 4.69) is 15.8 Å². The number of halogens is 1. The third-order valence-electron chi connectivity index (χ3n) is 4.23. The van der Waals surface area contributed by atoms with E-state index < -0.39 is 30.6 Å². The Morgan fingerprint density at radius 1 is 1.12 bits per heavy atom. The molecular formula is C23H26IN3O7. The predicted molar refractivity (Wildman–Crippen MR) is 133 cm³/mol. The number of amides is 2. The Morgan fingerprint density at radius 2 is 1.85 bits per heavy atom. The van der Waals surface area contributed by atoms with Gasteiger partial charge in [0.15, 0.2) is 18.1 Å². The summed E-state index contributed by atoms with van der Waals surface area (Å²) in [5.41, 5.74) is 3.81. The summed E-state index contributed by atoms with van der Waals surface area (Å²) >= 11 is 2.00. The number of carbonyl (C=O) groups excluding carboxylic acids is 2. The molecular weight excluding hydrogens is 557 g/mol. The minimum atomic E-state index is -1.10. The number of hydrazone groups is 1. The topological polar surface area (TPSA) is 136 Å². The van der Waals surface area contributed by atoms with Crippen molar-refractivity contribution in [3.8, 4) is 11.5 Å².